The van der Waals surface area contributed by atoms with Crippen LogP contribution in [0, 0.1) is 5.82 Å². The summed E-state index contributed by atoms with van der Waals surface area (Å²) in [5.74, 6) is 0.669. The van der Waals surface area contributed by atoms with Crippen LogP contribution in [0.1, 0.15) is 37.2 Å². The molecule has 1 aromatic carbocycles. The van der Waals surface area contributed by atoms with Gasteiger partial charge >= 0.3 is 0 Å². The Bertz CT molecular complexity index is 583. The van der Waals surface area contributed by atoms with Crippen LogP contribution in [0.5, 0.6) is 0 Å². The molecule has 0 aliphatic carbocycles. The van der Waals surface area contributed by atoms with Gasteiger partial charge in [0.1, 0.15) is 11.6 Å². The van der Waals surface area contributed by atoms with Crippen molar-refractivity contribution in [3.8, 4) is 0 Å². The van der Waals surface area contributed by atoms with E-state index in [1.54, 1.807) is 12.3 Å². The SMILES string of the molecule is CCCNC(CCc1nccn1C)c1ccc(Cl)c(F)c1. The van der Waals surface area contributed by atoms with Gasteiger partial charge in [-0.05, 0) is 37.1 Å². The Labute approximate surface area is 130 Å². The Morgan fingerprint density at radius 1 is 1.43 bits per heavy atom. The third kappa shape index (κ3) is 4.29. The lowest BCUT2D eigenvalue weighted by atomic mass is 10.0. The fourth-order valence-corrected chi connectivity index (χ4v) is 2.46. The third-order valence-corrected chi connectivity index (χ3v) is 3.87. The van der Waals surface area contributed by atoms with Crippen molar-refractivity contribution in [1.82, 2.24) is 14.9 Å². The Morgan fingerprint density at radius 2 is 2.24 bits per heavy atom. The molecule has 1 aromatic heterocycles. The number of halogens is 2. The van der Waals surface area contributed by atoms with Crippen molar-refractivity contribution in [2.75, 3.05) is 6.54 Å². The van der Waals surface area contributed by atoms with Gasteiger partial charge in [0.25, 0.3) is 0 Å². The van der Waals surface area contributed by atoms with Gasteiger partial charge in [0.15, 0.2) is 0 Å². The number of nitrogens with zero attached hydrogens (tertiary/aromatic N) is 2. The smallest absolute Gasteiger partial charge is 0.142 e. The van der Waals surface area contributed by atoms with Crippen LogP contribution in [0.25, 0.3) is 0 Å². The molecule has 21 heavy (non-hydrogen) atoms. The first-order valence-corrected chi connectivity index (χ1v) is 7.64. The minimum atomic E-state index is -0.366. The zero-order valence-electron chi connectivity index (χ0n) is 12.4. The second-order valence-electron chi connectivity index (χ2n) is 5.17. The summed E-state index contributed by atoms with van der Waals surface area (Å²) in [6.45, 7) is 3.01. The molecule has 0 amide bonds. The highest BCUT2D eigenvalue weighted by atomic mass is 35.5. The molecule has 0 aliphatic rings. The zero-order chi connectivity index (χ0) is 15.2. The number of hydrogen-bond donors (Lipinski definition) is 1. The molecule has 0 saturated heterocycles. The van der Waals surface area contributed by atoms with Crippen molar-refractivity contribution in [2.24, 2.45) is 7.05 Å². The van der Waals surface area contributed by atoms with Gasteiger partial charge in [-0.3, -0.25) is 0 Å². The second-order valence-corrected chi connectivity index (χ2v) is 5.58. The van der Waals surface area contributed by atoms with Crippen LogP contribution >= 0.6 is 11.6 Å². The van der Waals surface area contributed by atoms with Gasteiger partial charge in [0, 0.05) is 31.9 Å². The number of aryl methyl sites for hydroxylation is 2. The van der Waals surface area contributed by atoms with Gasteiger partial charge in [-0.25, -0.2) is 9.37 Å². The molecule has 0 fully saturated rings. The van der Waals surface area contributed by atoms with Crippen LogP contribution < -0.4 is 5.32 Å². The lowest BCUT2D eigenvalue weighted by molar-refractivity contribution is 0.488. The van der Waals surface area contributed by atoms with Crippen LogP contribution in [0.3, 0.4) is 0 Å². The van der Waals surface area contributed by atoms with Gasteiger partial charge in [-0.15, -0.1) is 0 Å². The number of benzene rings is 1. The molecule has 0 radical (unpaired) electrons. The minimum Gasteiger partial charge on any atom is -0.338 e. The van der Waals surface area contributed by atoms with Crippen molar-refractivity contribution < 1.29 is 4.39 Å². The first-order valence-electron chi connectivity index (χ1n) is 7.26. The molecule has 5 heteroatoms. The number of hydrogen-bond acceptors (Lipinski definition) is 2. The molecule has 1 unspecified atom stereocenters. The topological polar surface area (TPSA) is 29.9 Å². The predicted molar refractivity (Wildman–Crippen MR) is 84.0 cm³/mol. The highest BCUT2D eigenvalue weighted by Crippen LogP contribution is 2.23. The molecule has 114 valence electrons. The van der Waals surface area contributed by atoms with Gasteiger partial charge in [0.05, 0.1) is 5.02 Å². The van der Waals surface area contributed by atoms with E-state index in [0.29, 0.717) is 0 Å². The van der Waals surface area contributed by atoms with Crippen LogP contribution in [-0.2, 0) is 13.5 Å². The molecule has 0 spiro atoms. The Morgan fingerprint density at radius 3 is 2.86 bits per heavy atom. The summed E-state index contributed by atoms with van der Waals surface area (Å²) >= 11 is 5.76. The number of aromatic nitrogens is 2. The highest BCUT2D eigenvalue weighted by molar-refractivity contribution is 6.30. The lowest BCUT2D eigenvalue weighted by Gasteiger charge is -2.19. The lowest BCUT2D eigenvalue weighted by Crippen LogP contribution is -2.23. The quantitative estimate of drug-likeness (QED) is 0.841. The molecule has 1 atom stereocenters. The monoisotopic (exact) mass is 309 g/mol. The average Bonchev–Trinajstić information content (AvgIpc) is 2.88. The number of nitrogens with one attached hydrogen (secondary N) is 1. The Balaban J connectivity index is 2.09. The van der Waals surface area contributed by atoms with Crippen molar-refractivity contribution in [2.45, 2.75) is 32.2 Å². The molecular formula is C16H21ClFN3. The summed E-state index contributed by atoms with van der Waals surface area (Å²) in [6, 6.07) is 5.13. The molecule has 0 aliphatic heterocycles. The Kier molecular flexibility index (Phi) is 5.76. The summed E-state index contributed by atoms with van der Waals surface area (Å²) in [5, 5.41) is 3.63. The average molecular weight is 310 g/mol. The second kappa shape index (κ2) is 7.57. The molecule has 0 bridgehead atoms. The first-order chi connectivity index (χ1) is 10.1. The van der Waals surface area contributed by atoms with E-state index >= 15 is 0 Å². The summed E-state index contributed by atoms with van der Waals surface area (Å²) in [4.78, 5) is 4.33. The van der Waals surface area contributed by atoms with Crippen LogP contribution in [0.2, 0.25) is 5.02 Å². The van der Waals surface area contributed by atoms with Gasteiger partial charge in [-0.1, -0.05) is 24.6 Å². The van der Waals surface area contributed by atoms with Crippen LogP contribution in [0.4, 0.5) is 4.39 Å². The van der Waals surface area contributed by atoms with E-state index < -0.39 is 0 Å². The fourth-order valence-electron chi connectivity index (χ4n) is 2.35. The minimum absolute atomic E-state index is 0.105. The molecule has 2 aromatic rings. The first kappa shape index (κ1) is 16.0. The zero-order valence-corrected chi connectivity index (χ0v) is 13.2. The normalized spacial score (nSPS) is 12.6. The fraction of sp³-hybridized carbons (Fsp3) is 0.438. The van der Waals surface area contributed by atoms with E-state index in [1.165, 1.54) is 6.07 Å². The largest absolute Gasteiger partial charge is 0.338 e. The van der Waals surface area contributed by atoms with Gasteiger partial charge < -0.3 is 9.88 Å². The van der Waals surface area contributed by atoms with Crippen LogP contribution in [0.15, 0.2) is 30.6 Å². The summed E-state index contributed by atoms with van der Waals surface area (Å²) in [5.41, 5.74) is 0.930. The van der Waals surface area contributed by atoms with Crippen molar-refractivity contribution in [3.05, 3.63) is 52.8 Å². The van der Waals surface area contributed by atoms with Gasteiger partial charge in [-0.2, -0.15) is 0 Å². The van der Waals surface area contributed by atoms with Crippen molar-refractivity contribution in [1.29, 1.82) is 0 Å². The van der Waals surface area contributed by atoms with E-state index in [2.05, 4.69) is 17.2 Å². The highest BCUT2D eigenvalue weighted by Gasteiger charge is 2.14. The van der Waals surface area contributed by atoms with E-state index in [0.717, 1.165) is 37.2 Å². The van der Waals surface area contributed by atoms with Crippen molar-refractivity contribution >= 4 is 11.6 Å². The maximum atomic E-state index is 13.7. The molecule has 2 rings (SSSR count). The molecule has 0 saturated carbocycles. The Hall–Kier alpha value is -1.39. The van der Waals surface area contributed by atoms with Crippen molar-refractivity contribution in [3.63, 3.8) is 0 Å². The molecule has 3 nitrogen and oxygen atoms in total. The van der Waals surface area contributed by atoms with Crippen LogP contribution in [-0.4, -0.2) is 16.1 Å². The summed E-state index contributed by atoms with van der Waals surface area (Å²) in [7, 11) is 1.98. The standard InChI is InChI=1S/C16H21ClFN3/c1-3-8-19-15(6-7-16-20-9-10-21(16)2)12-4-5-13(17)14(18)11-12/h4-5,9-11,15,19H,3,6-8H2,1-2H3. The van der Waals surface area contributed by atoms with Gasteiger partial charge in [0.2, 0.25) is 0 Å². The van der Waals surface area contributed by atoms with E-state index in [9.17, 15) is 4.39 Å². The third-order valence-electron chi connectivity index (χ3n) is 3.56. The molecule has 1 heterocycles. The molecular weight excluding hydrogens is 289 g/mol. The van der Waals surface area contributed by atoms with E-state index in [1.807, 2.05) is 23.9 Å². The molecule has 1 N–H and O–H groups in total. The maximum absolute atomic E-state index is 13.7. The summed E-state index contributed by atoms with van der Waals surface area (Å²) < 4.78 is 15.7. The number of rotatable bonds is 7. The summed E-state index contributed by atoms with van der Waals surface area (Å²) in [6.07, 6.45) is 6.48. The van der Waals surface area contributed by atoms with E-state index in [-0.39, 0.29) is 16.9 Å². The predicted octanol–water partition coefficient (Wildman–Crippen LogP) is 3.89. The van der Waals surface area contributed by atoms with E-state index in [4.69, 9.17) is 11.6 Å². The maximum Gasteiger partial charge on any atom is 0.142 e. The number of imidazole rings is 1.